The monoisotopic (exact) mass is 298 g/mol. The summed E-state index contributed by atoms with van der Waals surface area (Å²) in [5.41, 5.74) is 4.58. The van der Waals surface area contributed by atoms with Crippen molar-refractivity contribution in [3.8, 4) is 0 Å². The number of nitrogens with one attached hydrogen (secondary N) is 1. The van der Waals surface area contributed by atoms with Gasteiger partial charge in [-0.3, -0.25) is 11.3 Å². The molecule has 19 heavy (non-hydrogen) atoms. The predicted molar refractivity (Wildman–Crippen MR) is 87.5 cm³/mol. The molecule has 0 amide bonds. The van der Waals surface area contributed by atoms with Gasteiger partial charge in [-0.25, -0.2) is 0 Å². The van der Waals surface area contributed by atoms with Crippen LogP contribution in [-0.4, -0.2) is 5.75 Å². The summed E-state index contributed by atoms with van der Waals surface area (Å²) in [6.07, 6.45) is 3.66. The van der Waals surface area contributed by atoms with Crippen LogP contribution in [0.15, 0.2) is 6.07 Å². The van der Waals surface area contributed by atoms with Gasteiger partial charge in [-0.05, 0) is 48.5 Å². The van der Waals surface area contributed by atoms with Gasteiger partial charge in [-0.1, -0.05) is 20.8 Å². The minimum Gasteiger partial charge on any atom is -0.271 e. The van der Waals surface area contributed by atoms with Crippen molar-refractivity contribution in [2.75, 3.05) is 5.75 Å². The largest absolute Gasteiger partial charge is 0.271 e. The first-order valence-electron chi connectivity index (χ1n) is 7.25. The zero-order valence-corrected chi connectivity index (χ0v) is 13.9. The van der Waals surface area contributed by atoms with E-state index in [1.54, 1.807) is 10.4 Å². The van der Waals surface area contributed by atoms with Crippen molar-refractivity contribution in [1.82, 2.24) is 5.43 Å². The Morgan fingerprint density at radius 3 is 2.74 bits per heavy atom. The van der Waals surface area contributed by atoms with Crippen LogP contribution in [0, 0.1) is 11.8 Å². The minimum atomic E-state index is 0.328. The summed E-state index contributed by atoms with van der Waals surface area (Å²) >= 11 is 4.02. The second kappa shape index (κ2) is 7.11. The van der Waals surface area contributed by atoms with E-state index in [1.807, 2.05) is 23.1 Å². The second-order valence-corrected chi connectivity index (χ2v) is 8.36. The van der Waals surface area contributed by atoms with E-state index in [0.29, 0.717) is 6.04 Å². The highest BCUT2D eigenvalue weighted by Gasteiger charge is 2.20. The molecule has 1 aromatic rings. The molecule has 0 spiro atoms. The zero-order valence-electron chi connectivity index (χ0n) is 12.2. The van der Waals surface area contributed by atoms with E-state index in [1.165, 1.54) is 29.2 Å². The van der Waals surface area contributed by atoms with Crippen LogP contribution in [0.2, 0.25) is 0 Å². The lowest BCUT2D eigenvalue weighted by Gasteiger charge is -2.20. The molecule has 2 atom stereocenters. The summed E-state index contributed by atoms with van der Waals surface area (Å²) in [5.74, 6) is 9.74. The van der Waals surface area contributed by atoms with Crippen molar-refractivity contribution in [2.24, 2.45) is 17.7 Å². The van der Waals surface area contributed by atoms with Gasteiger partial charge in [-0.2, -0.15) is 11.8 Å². The molecule has 3 N–H and O–H groups in total. The van der Waals surface area contributed by atoms with Gasteiger partial charge in [0.1, 0.15) is 0 Å². The number of hydrazine groups is 1. The molecule has 1 aliphatic heterocycles. The molecule has 0 saturated heterocycles. The average Bonchev–Trinajstić information content (AvgIpc) is 2.78. The number of hydrogen-bond acceptors (Lipinski definition) is 4. The van der Waals surface area contributed by atoms with Gasteiger partial charge < -0.3 is 0 Å². The molecule has 108 valence electrons. The molecule has 0 radical (unpaired) electrons. The summed E-state index contributed by atoms with van der Waals surface area (Å²) in [4.78, 5) is 3.02. The molecule has 2 unspecified atom stereocenters. The lowest BCUT2D eigenvalue weighted by atomic mass is 9.92. The molecule has 0 aliphatic carbocycles. The Kier molecular flexibility index (Phi) is 5.75. The molecular weight excluding hydrogens is 272 g/mol. The maximum atomic E-state index is 5.79. The van der Waals surface area contributed by atoms with Crippen LogP contribution in [0.3, 0.4) is 0 Å². The Morgan fingerprint density at radius 1 is 1.32 bits per heavy atom. The van der Waals surface area contributed by atoms with Crippen LogP contribution in [0.4, 0.5) is 0 Å². The number of fused-ring (bicyclic) bond motifs is 1. The SMILES string of the molecule is CC(C)CC(C)CC(NN)c1cc2c(s1)CCSC2. The molecular formula is C15H26N2S2. The molecule has 0 saturated carbocycles. The Labute approximate surface area is 125 Å². The Morgan fingerprint density at radius 2 is 2.11 bits per heavy atom. The van der Waals surface area contributed by atoms with E-state index in [2.05, 4.69) is 32.3 Å². The van der Waals surface area contributed by atoms with Crippen LogP contribution in [0.5, 0.6) is 0 Å². The molecule has 0 bridgehead atoms. The first kappa shape index (κ1) is 15.4. The molecule has 2 rings (SSSR count). The van der Waals surface area contributed by atoms with Crippen molar-refractivity contribution < 1.29 is 0 Å². The quantitative estimate of drug-likeness (QED) is 0.613. The lowest BCUT2D eigenvalue weighted by Crippen LogP contribution is -2.29. The third-order valence-corrected chi connectivity index (χ3v) is 6.06. The Balaban J connectivity index is 2.02. The maximum Gasteiger partial charge on any atom is 0.0556 e. The third kappa shape index (κ3) is 4.22. The lowest BCUT2D eigenvalue weighted by molar-refractivity contribution is 0.361. The van der Waals surface area contributed by atoms with E-state index in [9.17, 15) is 0 Å². The number of hydrogen-bond donors (Lipinski definition) is 2. The third-order valence-electron chi connectivity index (χ3n) is 3.70. The van der Waals surface area contributed by atoms with E-state index in [-0.39, 0.29) is 0 Å². The standard InChI is InChI=1S/C15H26N2S2/c1-10(2)6-11(3)7-13(17-16)15-8-12-9-18-5-4-14(12)19-15/h8,10-11,13,17H,4-7,9,16H2,1-3H3. The highest BCUT2D eigenvalue weighted by atomic mass is 32.2. The maximum absolute atomic E-state index is 5.79. The van der Waals surface area contributed by atoms with Gasteiger partial charge >= 0.3 is 0 Å². The van der Waals surface area contributed by atoms with Gasteiger partial charge in [0.25, 0.3) is 0 Å². The molecule has 0 aromatic carbocycles. The van der Waals surface area contributed by atoms with Crippen LogP contribution in [-0.2, 0) is 12.2 Å². The van der Waals surface area contributed by atoms with Gasteiger partial charge in [0.05, 0.1) is 6.04 Å². The van der Waals surface area contributed by atoms with Crippen molar-refractivity contribution in [3.63, 3.8) is 0 Å². The van der Waals surface area contributed by atoms with E-state index < -0.39 is 0 Å². The molecule has 4 heteroatoms. The van der Waals surface area contributed by atoms with Crippen molar-refractivity contribution in [2.45, 2.75) is 51.8 Å². The number of rotatable bonds is 6. The van der Waals surface area contributed by atoms with Crippen molar-refractivity contribution >= 4 is 23.1 Å². The molecule has 0 fully saturated rings. The number of thiophene rings is 1. The Hall–Kier alpha value is -0.0300. The summed E-state index contributed by atoms with van der Waals surface area (Å²) in [6.45, 7) is 6.93. The van der Waals surface area contributed by atoms with E-state index in [0.717, 1.165) is 18.3 Å². The smallest absolute Gasteiger partial charge is 0.0556 e. The average molecular weight is 299 g/mol. The number of nitrogens with two attached hydrogens (primary N) is 1. The highest BCUT2D eigenvalue weighted by molar-refractivity contribution is 7.98. The summed E-state index contributed by atoms with van der Waals surface area (Å²) in [5, 5.41) is 0. The van der Waals surface area contributed by atoms with Crippen LogP contribution >= 0.6 is 23.1 Å². The highest BCUT2D eigenvalue weighted by Crippen LogP contribution is 2.36. The van der Waals surface area contributed by atoms with E-state index >= 15 is 0 Å². The van der Waals surface area contributed by atoms with Gasteiger partial charge in [0.2, 0.25) is 0 Å². The van der Waals surface area contributed by atoms with Gasteiger partial charge in [0.15, 0.2) is 0 Å². The van der Waals surface area contributed by atoms with Crippen molar-refractivity contribution in [3.05, 3.63) is 21.4 Å². The second-order valence-electron chi connectivity index (χ2n) is 6.09. The van der Waals surface area contributed by atoms with E-state index in [4.69, 9.17) is 5.84 Å². The molecule has 2 nitrogen and oxygen atoms in total. The fourth-order valence-corrected chi connectivity index (χ4v) is 5.36. The normalized spacial score (nSPS) is 18.4. The summed E-state index contributed by atoms with van der Waals surface area (Å²) < 4.78 is 0. The minimum absolute atomic E-state index is 0.328. The van der Waals surface area contributed by atoms with Crippen LogP contribution in [0.25, 0.3) is 0 Å². The zero-order chi connectivity index (χ0) is 13.8. The molecule has 1 aromatic heterocycles. The number of thioether (sulfide) groups is 1. The van der Waals surface area contributed by atoms with Crippen LogP contribution in [0.1, 0.15) is 55.0 Å². The first-order chi connectivity index (χ1) is 9.10. The Bertz CT molecular complexity index is 377. The number of aryl methyl sites for hydroxylation is 1. The predicted octanol–water partition coefficient (Wildman–Crippen LogP) is 4.11. The first-order valence-corrected chi connectivity index (χ1v) is 9.22. The fraction of sp³-hybridized carbons (Fsp3) is 0.733. The molecule has 1 aliphatic rings. The van der Waals surface area contributed by atoms with Crippen LogP contribution < -0.4 is 11.3 Å². The summed E-state index contributed by atoms with van der Waals surface area (Å²) in [6, 6.07) is 2.72. The van der Waals surface area contributed by atoms with Gasteiger partial charge in [0, 0.05) is 15.5 Å². The van der Waals surface area contributed by atoms with Gasteiger partial charge in [-0.15, -0.1) is 11.3 Å². The fourth-order valence-electron chi connectivity index (χ4n) is 2.91. The molecule has 2 heterocycles. The van der Waals surface area contributed by atoms with Crippen molar-refractivity contribution in [1.29, 1.82) is 0 Å². The topological polar surface area (TPSA) is 38.0 Å². The summed E-state index contributed by atoms with van der Waals surface area (Å²) in [7, 11) is 0.